The molecule has 2 heteroatoms. The molecule has 1 aliphatic heterocycles. The van der Waals surface area contributed by atoms with Crippen molar-refractivity contribution >= 4 is 15.9 Å². The lowest BCUT2D eigenvalue weighted by Crippen LogP contribution is -2.24. The van der Waals surface area contributed by atoms with E-state index < -0.39 is 0 Å². The topological polar surface area (TPSA) is 3.24 Å². The van der Waals surface area contributed by atoms with Crippen molar-refractivity contribution in [3.05, 3.63) is 34.3 Å². The highest BCUT2D eigenvalue weighted by atomic mass is 79.9. The summed E-state index contributed by atoms with van der Waals surface area (Å²) in [4.78, 5) is 2.62. The van der Waals surface area contributed by atoms with Crippen LogP contribution in [0, 0.1) is 5.92 Å². The molecule has 0 N–H and O–H groups in total. The number of nitrogens with zero attached hydrogens (tertiary/aromatic N) is 1. The van der Waals surface area contributed by atoms with E-state index in [0.29, 0.717) is 0 Å². The third kappa shape index (κ3) is 4.40. The van der Waals surface area contributed by atoms with Gasteiger partial charge in [0.15, 0.2) is 0 Å². The summed E-state index contributed by atoms with van der Waals surface area (Å²) in [6.07, 6.45) is 6.96. The lowest BCUT2D eigenvalue weighted by molar-refractivity contribution is 0.271. The Hall–Kier alpha value is -0.340. The number of halogens is 1. The molecule has 0 aliphatic carbocycles. The van der Waals surface area contributed by atoms with Crippen molar-refractivity contribution in [2.45, 2.75) is 45.6 Å². The van der Waals surface area contributed by atoms with Crippen LogP contribution in [0.5, 0.6) is 0 Å². The molecular formula is C16H24BrN. The Morgan fingerprint density at radius 2 is 2.17 bits per heavy atom. The first kappa shape index (κ1) is 14.1. The lowest BCUT2D eigenvalue weighted by atomic mass is 9.96. The lowest BCUT2D eigenvalue weighted by Gasteiger charge is -2.20. The minimum Gasteiger partial charge on any atom is -0.299 e. The average Bonchev–Trinajstić information content (AvgIpc) is 2.56. The summed E-state index contributed by atoms with van der Waals surface area (Å²) >= 11 is 3.55. The first-order valence-corrected chi connectivity index (χ1v) is 8.04. The predicted octanol–water partition coefficient (Wildman–Crippen LogP) is 4.85. The Morgan fingerprint density at radius 1 is 1.28 bits per heavy atom. The zero-order chi connectivity index (χ0) is 12.8. The van der Waals surface area contributed by atoms with Crippen molar-refractivity contribution in [1.29, 1.82) is 0 Å². The van der Waals surface area contributed by atoms with Gasteiger partial charge in [0.05, 0.1) is 0 Å². The van der Waals surface area contributed by atoms with Crippen molar-refractivity contribution in [2.24, 2.45) is 5.92 Å². The Kier molecular flexibility index (Phi) is 5.71. The van der Waals surface area contributed by atoms with Gasteiger partial charge in [-0.2, -0.15) is 0 Å². The van der Waals surface area contributed by atoms with Crippen molar-refractivity contribution in [3.63, 3.8) is 0 Å². The van der Waals surface area contributed by atoms with E-state index in [1.807, 2.05) is 0 Å². The van der Waals surface area contributed by atoms with E-state index in [2.05, 4.69) is 52.0 Å². The molecule has 1 aromatic carbocycles. The number of hydrogen-bond donors (Lipinski definition) is 0. The number of likely N-dealkylation sites (tertiary alicyclic amines) is 1. The Morgan fingerprint density at radius 3 is 2.94 bits per heavy atom. The number of hydrogen-bond acceptors (Lipinski definition) is 1. The monoisotopic (exact) mass is 309 g/mol. The fourth-order valence-corrected chi connectivity index (χ4v) is 3.42. The fourth-order valence-electron chi connectivity index (χ4n) is 2.97. The zero-order valence-electron chi connectivity index (χ0n) is 11.4. The molecule has 1 fully saturated rings. The second-order valence-electron chi connectivity index (χ2n) is 5.49. The van der Waals surface area contributed by atoms with Gasteiger partial charge >= 0.3 is 0 Å². The normalized spacial score (nSPS) is 21.8. The highest BCUT2D eigenvalue weighted by Gasteiger charge is 2.16. The third-order valence-electron chi connectivity index (χ3n) is 3.93. The molecule has 100 valence electrons. The van der Waals surface area contributed by atoms with E-state index in [-0.39, 0.29) is 0 Å². The smallest absolute Gasteiger partial charge is 0.0234 e. The van der Waals surface area contributed by atoms with Crippen LogP contribution in [-0.2, 0) is 6.54 Å². The minimum absolute atomic E-state index is 0.975. The summed E-state index contributed by atoms with van der Waals surface area (Å²) in [5.74, 6) is 0.975. The van der Waals surface area contributed by atoms with Crippen LogP contribution in [0.2, 0.25) is 0 Å². The SMILES string of the molecule is CCCC1CCCN(Cc2cccc(Br)c2)CC1. The molecule has 2 rings (SSSR count). The van der Waals surface area contributed by atoms with Gasteiger partial charge in [-0.15, -0.1) is 0 Å². The summed E-state index contributed by atoms with van der Waals surface area (Å²) in [6, 6.07) is 8.72. The first-order chi connectivity index (χ1) is 8.78. The van der Waals surface area contributed by atoms with E-state index in [0.717, 1.165) is 12.5 Å². The van der Waals surface area contributed by atoms with Gasteiger partial charge in [0.1, 0.15) is 0 Å². The third-order valence-corrected chi connectivity index (χ3v) is 4.43. The zero-order valence-corrected chi connectivity index (χ0v) is 13.0. The van der Waals surface area contributed by atoms with E-state index in [1.165, 1.54) is 55.2 Å². The summed E-state index contributed by atoms with van der Waals surface area (Å²) in [5, 5.41) is 0. The van der Waals surface area contributed by atoms with Crippen LogP contribution >= 0.6 is 15.9 Å². The van der Waals surface area contributed by atoms with Gasteiger partial charge in [0.2, 0.25) is 0 Å². The highest BCUT2D eigenvalue weighted by Crippen LogP contribution is 2.23. The fraction of sp³-hybridized carbons (Fsp3) is 0.625. The second-order valence-corrected chi connectivity index (χ2v) is 6.41. The Bertz CT molecular complexity index is 364. The standard InChI is InChI=1S/C16H24BrN/c1-2-5-14-7-4-10-18(11-9-14)13-15-6-3-8-16(17)12-15/h3,6,8,12,14H,2,4-5,7,9-11,13H2,1H3. The maximum atomic E-state index is 3.55. The van der Waals surface area contributed by atoms with E-state index >= 15 is 0 Å². The molecule has 0 spiro atoms. The van der Waals surface area contributed by atoms with Crippen molar-refractivity contribution in [3.8, 4) is 0 Å². The number of rotatable bonds is 4. The first-order valence-electron chi connectivity index (χ1n) is 7.24. The van der Waals surface area contributed by atoms with E-state index in [9.17, 15) is 0 Å². The van der Waals surface area contributed by atoms with Gasteiger partial charge in [-0.3, -0.25) is 4.90 Å². The molecule has 1 heterocycles. The maximum absolute atomic E-state index is 3.55. The molecule has 1 atom stereocenters. The maximum Gasteiger partial charge on any atom is 0.0234 e. The number of benzene rings is 1. The largest absolute Gasteiger partial charge is 0.299 e. The van der Waals surface area contributed by atoms with Gasteiger partial charge in [-0.05, 0) is 56.0 Å². The predicted molar refractivity (Wildman–Crippen MR) is 81.7 cm³/mol. The molecule has 1 nitrogen and oxygen atoms in total. The van der Waals surface area contributed by atoms with Gasteiger partial charge in [-0.1, -0.05) is 47.8 Å². The van der Waals surface area contributed by atoms with Gasteiger partial charge in [0.25, 0.3) is 0 Å². The summed E-state index contributed by atoms with van der Waals surface area (Å²) in [5.41, 5.74) is 1.43. The van der Waals surface area contributed by atoms with Crippen LogP contribution in [-0.4, -0.2) is 18.0 Å². The summed E-state index contributed by atoms with van der Waals surface area (Å²) in [7, 11) is 0. The molecule has 0 aromatic heterocycles. The second kappa shape index (κ2) is 7.30. The Labute approximate surface area is 120 Å². The highest BCUT2D eigenvalue weighted by molar-refractivity contribution is 9.10. The van der Waals surface area contributed by atoms with Gasteiger partial charge in [0, 0.05) is 11.0 Å². The van der Waals surface area contributed by atoms with Crippen LogP contribution in [0.4, 0.5) is 0 Å². The molecule has 18 heavy (non-hydrogen) atoms. The van der Waals surface area contributed by atoms with Crippen LogP contribution in [0.25, 0.3) is 0 Å². The van der Waals surface area contributed by atoms with Crippen molar-refractivity contribution in [1.82, 2.24) is 4.90 Å². The van der Waals surface area contributed by atoms with Crippen LogP contribution < -0.4 is 0 Å². The molecule has 1 aromatic rings. The van der Waals surface area contributed by atoms with Gasteiger partial charge < -0.3 is 0 Å². The quantitative estimate of drug-likeness (QED) is 0.768. The Balaban J connectivity index is 1.87. The van der Waals surface area contributed by atoms with E-state index in [1.54, 1.807) is 0 Å². The molecular weight excluding hydrogens is 286 g/mol. The van der Waals surface area contributed by atoms with Crippen LogP contribution in [0.15, 0.2) is 28.7 Å². The van der Waals surface area contributed by atoms with Crippen LogP contribution in [0.3, 0.4) is 0 Å². The molecule has 0 amide bonds. The minimum atomic E-state index is 0.975. The van der Waals surface area contributed by atoms with Crippen molar-refractivity contribution in [2.75, 3.05) is 13.1 Å². The van der Waals surface area contributed by atoms with E-state index in [4.69, 9.17) is 0 Å². The molecule has 1 aliphatic rings. The summed E-state index contributed by atoms with van der Waals surface area (Å²) < 4.78 is 1.19. The molecule has 0 bridgehead atoms. The molecule has 1 saturated heterocycles. The molecule has 0 radical (unpaired) electrons. The van der Waals surface area contributed by atoms with Crippen LogP contribution in [0.1, 0.15) is 44.6 Å². The molecule has 1 unspecified atom stereocenters. The average molecular weight is 310 g/mol. The molecule has 0 saturated carbocycles. The summed E-state index contributed by atoms with van der Waals surface area (Å²) in [6.45, 7) is 5.96. The van der Waals surface area contributed by atoms with Crippen molar-refractivity contribution < 1.29 is 0 Å². The van der Waals surface area contributed by atoms with Gasteiger partial charge in [-0.25, -0.2) is 0 Å².